The van der Waals surface area contributed by atoms with E-state index >= 15 is 0 Å². The van der Waals surface area contributed by atoms with Crippen LogP contribution in [-0.4, -0.2) is 6.21 Å². The number of nitrogens with zero attached hydrogens (tertiary/aromatic N) is 3. The van der Waals surface area contributed by atoms with Gasteiger partial charge in [-0.25, -0.2) is 0 Å². The van der Waals surface area contributed by atoms with Crippen LogP contribution in [0.3, 0.4) is 0 Å². The Kier molecular flexibility index (Phi) is 2.52. The Labute approximate surface area is 133 Å². The number of rotatable bonds is 1. The molecular weight excluding hydrogens is 284 g/mol. The predicted molar refractivity (Wildman–Crippen MR) is 93.0 cm³/mol. The second-order valence-corrected chi connectivity index (χ2v) is 5.75. The summed E-state index contributed by atoms with van der Waals surface area (Å²) in [5.41, 5.74) is 8.99. The fourth-order valence-corrected chi connectivity index (χ4v) is 3.30. The van der Waals surface area contributed by atoms with Gasteiger partial charge >= 0.3 is 0 Å². The summed E-state index contributed by atoms with van der Waals surface area (Å²) in [6.45, 7) is 0.770. The predicted octanol–water partition coefficient (Wildman–Crippen LogP) is 2.54. The fourth-order valence-electron chi connectivity index (χ4n) is 3.30. The van der Waals surface area contributed by atoms with Crippen LogP contribution in [0, 0.1) is 0 Å². The van der Waals surface area contributed by atoms with Gasteiger partial charge in [-0.2, -0.15) is 10.2 Å². The smallest absolute Gasteiger partial charge is 0.0918 e. The van der Waals surface area contributed by atoms with E-state index in [9.17, 15) is 0 Å². The van der Waals surface area contributed by atoms with Gasteiger partial charge in [0.05, 0.1) is 23.3 Å². The van der Waals surface area contributed by atoms with Crippen LogP contribution in [0.2, 0.25) is 0 Å². The van der Waals surface area contributed by atoms with Crippen LogP contribution in [0.25, 0.3) is 17.2 Å². The molecule has 4 nitrogen and oxygen atoms in total. The van der Waals surface area contributed by atoms with E-state index in [1.54, 1.807) is 6.21 Å². The Balaban J connectivity index is 1.75. The molecule has 110 valence electrons. The summed E-state index contributed by atoms with van der Waals surface area (Å²) in [5.74, 6) is 0. The number of anilines is 2. The van der Waals surface area contributed by atoms with Crippen molar-refractivity contribution in [2.45, 2.75) is 6.54 Å². The first-order chi connectivity index (χ1) is 11.4. The van der Waals surface area contributed by atoms with Gasteiger partial charge in [-0.1, -0.05) is 30.3 Å². The quantitative estimate of drug-likeness (QED) is 0.750. The Bertz CT molecular complexity index is 1020. The first kappa shape index (κ1) is 12.4. The minimum atomic E-state index is 0.770. The molecule has 23 heavy (non-hydrogen) atoms. The van der Waals surface area contributed by atoms with E-state index in [1.807, 2.05) is 24.3 Å². The van der Waals surface area contributed by atoms with E-state index < -0.39 is 0 Å². The zero-order chi connectivity index (χ0) is 15.2. The molecule has 2 aliphatic heterocycles. The number of benzene rings is 1. The molecule has 4 heteroatoms. The van der Waals surface area contributed by atoms with Crippen LogP contribution >= 0.6 is 0 Å². The van der Waals surface area contributed by atoms with E-state index in [0.29, 0.717) is 0 Å². The highest BCUT2D eigenvalue weighted by Gasteiger charge is 2.21. The number of fused-ring (bicyclic) bond motifs is 2. The van der Waals surface area contributed by atoms with Crippen LogP contribution < -0.4 is 21.0 Å². The highest BCUT2D eigenvalue weighted by Crippen LogP contribution is 2.32. The lowest BCUT2D eigenvalue weighted by molar-refractivity contribution is 0.811. The summed E-state index contributed by atoms with van der Waals surface area (Å²) in [4.78, 5) is 0. The third-order valence-corrected chi connectivity index (χ3v) is 4.38. The van der Waals surface area contributed by atoms with Gasteiger partial charge in [0.2, 0.25) is 0 Å². The zero-order valence-corrected chi connectivity index (χ0v) is 12.4. The molecule has 1 aromatic rings. The lowest BCUT2D eigenvalue weighted by Gasteiger charge is -2.23. The van der Waals surface area contributed by atoms with Crippen molar-refractivity contribution in [3.63, 3.8) is 0 Å². The van der Waals surface area contributed by atoms with Crippen molar-refractivity contribution in [1.82, 2.24) is 0 Å². The van der Waals surface area contributed by atoms with Crippen molar-refractivity contribution in [3.8, 4) is 11.1 Å². The number of hydrogen-bond acceptors (Lipinski definition) is 4. The van der Waals surface area contributed by atoms with Crippen molar-refractivity contribution in [2.24, 2.45) is 10.2 Å². The van der Waals surface area contributed by atoms with Gasteiger partial charge in [0.1, 0.15) is 0 Å². The molecule has 2 heterocycles. The number of hydrazone groups is 1. The van der Waals surface area contributed by atoms with Gasteiger partial charge in [0.25, 0.3) is 0 Å². The van der Waals surface area contributed by atoms with Crippen molar-refractivity contribution in [3.05, 3.63) is 70.7 Å². The lowest BCUT2D eigenvalue weighted by atomic mass is 10.0. The number of nitrogens with one attached hydrogen (secondary N) is 1. The Morgan fingerprint density at radius 3 is 2.78 bits per heavy atom. The third-order valence-electron chi connectivity index (χ3n) is 4.38. The van der Waals surface area contributed by atoms with Gasteiger partial charge < -0.3 is 0 Å². The first-order valence-corrected chi connectivity index (χ1v) is 7.65. The third kappa shape index (κ3) is 1.85. The average molecular weight is 298 g/mol. The van der Waals surface area contributed by atoms with Gasteiger partial charge in [-0.05, 0) is 35.9 Å². The van der Waals surface area contributed by atoms with E-state index in [-0.39, 0.29) is 0 Å². The van der Waals surface area contributed by atoms with Crippen LogP contribution in [0.5, 0.6) is 0 Å². The second kappa shape index (κ2) is 4.68. The zero-order valence-electron chi connectivity index (χ0n) is 12.4. The standard InChI is InChI=1S/C19H14N4/c1-2-4-15(5-3-1)23-12-14-7-6-13-10-11-20-21-19(13)16-8-9-17(22-23)18(14)16/h1-11,21H,12H2. The summed E-state index contributed by atoms with van der Waals surface area (Å²) in [6.07, 6.45) is 3.82. The molecule has 1 N–H and O–H groups in total. The summed E-state index contributed by atoms with van der Waals surface area (Å²) >= 11 is 0. The summed E-state index contributed by atoms with van der Waals surface area (Å²) in [7, 11) is 0. The first-order valence-electron chi connectivity index (χ1n) is 7.65. The van der Waals surface area contributed by atoms with Gasteiger partial charge in [-0.15, -0.1) is 0 Å². The van der Waals surface area contributed by atoms with Crippen LogP contribution in [-0.2, 0) is 6.54 Å². The normalized spacial score (nSPS) is 14.7. The van der Waals surface area contributed by atoms with Crippen molar-refractivity contribution >= 4 is 23.7 Å². The minimum absolute atomic E-state index is 0.770. The minimum Gasteiger partial charge on any atom is -0.277 e. The number of hydrogen-bond donors (Lipinski definition) is 1. The van der Waals surface area contributed by atoms with E-state index in [0.717, 1.165) is 28.5 Å². The molecule has 0 bridgehead atoms. The Morgan fingerprint density at radius 1 is 0.957 bits per heavy atom. The fraction of sp³-hybridized carbons (Fsp3) is 0.0526. The van der Waals surface area contributed by atoms with Crippen LogP contribution in [0.1, 0.15) is 5.56 Å². The molecule has 5 rings (SSSR count). The molecule has 0 atom stereocenters. The molecule has 0 unspecified atom stereocenters. The molecule has 0 radical (unpaired) electrons. The van der Waals surface area contributed by atoms with Gasteiger partial charge in [0.15, 0.2) is 0 Å². The molecule has 0 aromatic heterocycles. The van der Waals surface area contributed by atoms with Crippen molar-refractivity contribution in [2.75, 3.05) is 10.4 Å². The largest absolute Gasteiger partial charge is 0.277 e. The van der Waals surface area contributed by atoms with Crippen molar-refractivity contribution in [1.29, 1.82) is 0 Å². The molecular formula is C19H14N4. The number of para-hydroxylation sites is 1. The van der Waals surface area contributed by atoms with Gasteiger partial charge in [0, 0.05) is 22.6 Å². The molecule has 0 saturated carbocycles. The molecule has 0 saturated heterocycles. The average Bonchev–Trinajstić information content (AvgIpc) is 2.97. The lowest BCUT2D eigenvalue weighted by Crippen LogP contribution is -2.25. The maximum atomic E-state index is 4.83. The maximum Gasteiger partial charge on any atom is 0.0918 e. The molecule has 4 aliphatic rings. The molecule has 0 amide bonds. The highest BCUT2D eigenvalue weighted by molar-refractivity contribution is 5.96. The second-order valence-electron chi connectivity index (χ2n) is 5.75. The monoisotopic (exact) mass is 298 g/mol. The summed E-state index contributed by atoms with van der Waals surface area (Å²) in [6, 6.07) is 18.9. The van der Waals surface area contributed by atoms with Crippen LogP contribution in [0.15, 0.2) is 64.8 Å². The van der Waals surface area contributed by atoms with Gasteiger partial charge in [-0.3, -0.25) is 10.4 Å². The highest BCUT2D eigenvalue weighted by atomic mass is 15.5. The van der Waals surface area contributed by atoms with E-state index in [1.165, 1.54) is 16.7 Å². The Morgan fingerprint density at radius 2 is 1.87 bits per heavy atom. The van der Waals surface area contributed by atoms with Crippen LogP contribution in [0.4, 0.5) is 11.4 Å². The molecule has 0 spiro atoms. The van der Waals surface area contributed by atoms with E-state index in [4.69, 9.17) is 5.10 Å². The Hall–Kier alpha value is -3.14. The molecule has 2 aliphatic carbocycles. The van der Waals surface area contributed by atoms with E-state index in [2.05, 4.69) is 51.9 Å². The SMILES string of the molecule is C1=NNc2c3ccc4c-3c(ccc2=C1)CN(c1ccccc1)N=4. The topological polar surface area (TPSA) is 40.0 Å². The summed E-state index contributed by atoms with van der Waals surface area (Å²) in [5, 5.41) is 13.2. The molecule has 1 aromatic carbocycles. The molecule has 0 fully saturated rings. The summed E-state index contributed by atoms with van der Waals surface area (Å²) < 4.78 is 0. The van der Waals surface area contributed by atoms with Crippen molar-refractivity contribution < 1.29 is 0 Å². The maximum absolute atomic E-state index is 4.83.